The molecule has 2 nitrogen and oxygen atoms in total. The molecule has 0 heterocycles. The number of ether oxygens (including phenoxy) is 1. The van der Waals surface area contributed by atoms with E-state index < -0.39 is 0 Å². The zero-order valence-corrected chi connectivity index (χ0v) is 8.40. The van der Waals surface area contributed by atoms with Gasteiger partial charge < -0.3 is 9.64 Å². The van der Waals surface area contributed by atoms with Gasteiger partial charge in [-0.15, -0.1) is 0 Å². The molecule has 68 valence electrons. The molecule has 0 aromatic rings. The predicted octanol–water partition coefficient (Wildman–Crippen LogP) is 1.93. The number of hydrogen-bond donors (Lipinski definition) is 0. The van der Waals surface area contributed by atoms with Crippen molar-refractivity contribution in [1.29, 1.82) is 0 Å². The van der Waals surface area contributed by atoms with Gasteiger partial charge in [-0.2, -0.15) is 0 Å². The lowest BCUT2D eigenvalue weighted by Crippen LogP contribution is -2.27. The van der Waals surface area contributed by atoms with Crippen molar-refractivity contribution in [3.63, 3.8) is 0 Å². The van der Waals surface area contributed by atoms with Crippen LogP contribution in [0.1, 0.15) is 20.8 Å². The van der Waals surface area contributed by atoms with Gasteiger partial charge in [0, 0.05) is 6.54 Å². The lowest BCUT2D eigenvalue weighted by atomic mass is 10.5. The number of likely N-dealkylation sites (N-methyl/N-ethyl adjacent to an activating group) is 1. The molecule has 0 aromatic heterocycles. The highest BCUT2D eigenvalue weighted by atomic mass is 35.5. The van der Waals surface area contributed by atoms with E-state index in [0.29, 0.717) is 0 Å². The van der Waals surface area contributed by atoms with Gasteiger partial charge in [-0.05, 0) is 20.0 Å². The summed E-state index contributed by atoms with van der Waals surface area (Å²) in [5, 5.41) is 0. The summed E-state index contributed by atoms with van der Waals surface area (Å²) in [5.41, 5.74) is -0.162. The van der Waals surface area contributed by atoms with Crippen LogP contribution in [0.5, 0.6) is 0 Å². The third-order valence-electron chi connectivity index (χ3n) is 1.65. The first-order chi connectivity index (χ1) is 5.20. The van der Waals surface area contributed by atoms with E-state index in [0.717, 1.165) is 26.2 Å². The molecule has 0 aliphatic carbocycles. The number of rotatable bonds is 6. The van der Waals surface area contributed by atoms with Crippen molar-refractivity contribution in [1.82, 2.24) is 4.90 Å². The first-order valence-corrected chi connectivity index (χ1v) is 4.62. The standard InChI is InChI=1S/C8H18ClNO/c1-4-10(5-2)6-7-11-8(3)9/h8H,4-7H2,1-3H3. The predicted molar refractivity (Wildman–Crippen MR) is 49.1 cm³/mol. The summed E-state index contributed by atoms with van der Waals surface area (Å²) in [6.45, 7) is 9.99. The Kier molecular flexibility index (Phi) is 7.02. The zero-order chi connectivity index (χ0) is 8.69. The van der Waals surface area contributed by atoms with E-state index in [-0.39, 0.29) is 5.56 Å². The fourth-order valence-corrected chi connectivity index (χ4v) is 0.973. The van der Waals surface area contributed by atoms with E-state index in [2.05, 4.69) is 18.7 Å². The van der Waals surface area contributed by atoms with Gasteiger partial charge in [0.05, 0.1) is 6.61 Å². The van der Waals surface area contributed by atoms with Gasteiger partial charge in [0.15, 0.2) is 0 Å². The Hall–Kier alpha value is 0.210. The topological polar surface area (TPSA) is 12.5 Å². The highest BCUT2D eigenvalue weighted by molar-refractivity contribution is 6.19. The summed E-state index contributed by atoms with van der Waals surface area (Å²) in [5.74, 6) is 0. The second-order valence-corrected chi connectivity index (χ2v) is 3.06. The average Bonchev–Trinajstić information content (AvgIpc) is 1.98. The fraction of sp³-hybridized carbons (Fsp3) is 1.00. The van der Waals surface area contributed by atoms with Crippen LogP contribution < -0.4 is 0 Å². The van der Waals surface area contributed by atoms with Crippen LogP contribution in [0.3, 0.4) is 0 Å². The minimum Gasteiger partial charge on any atom is -0.361 e. The largest absolute Gasteiger partial charge is 0.361 e. The SMILES string of the molecule is CCN(CC)CCOC(C)Cl. The smallest absolute Gasteiger partial charge is 0.128 e. The van der Waals surface area contributed by atoms with Crippen molar-refractivity contribution in [3.05, 3.63) is 0 Å². The maximum atomic E-state index is 5.61. The van der Waals surface area contributed by atoms with Crippen molar-refractivity contribution in [2.45, 2.75) is 26.3 Å². The number of nitrogens with zero attached hydrogens (tertiary/aromatic N) is 1. The molecule has 0 N–H and O–H groups in total. The molecule has 0 aromatic carbocycles. The van der Waals surface area contributed by atoms with Crippen LogP contribution >= 0.6 is 11.6 Å². The Bertz CT molecular complexity index is 84.2. The van der Waals surface area contributed by atoms with E-state index in [4.69, 9.17) is 16.3 Å². The molecule has 0 fully saturated rings. The Morgan fingerprint density at radius 1 is 1.36 bits per heavy atom. The van der Waals surface area contributed by atoms with Crippen molar-refractivity contribution in [3.8, 4) is 0 Å². The van der Waals surface area contributed by atoms with Crippen molar-refractivity contribution in [2.75, 3.05) is 26.2 Å². The quantitative estimate of drug-likeness (QED) is 0.578. The minimum atomic E-state index is -0.162. The monoisotopic (exact) mass is 179 g/mol. The molecule has 1 atom stereocenters. The summed E-state index contributed by atoms with van der Waals surface area (Å²) >= 11 is 5.61. The Morgan fingerprint density at radius 3 is 2.27 bits per heavy atom. The second kappa shape index (κ2) is 6.89. The second-order valence-electron chi connectivity index (χ2n) is 2.44. The number of alkyl halides is 1. The third kappa shape index (κ3) is 6.60. The van der Waals surface area contributed by atoms with Crippen LogP contribution in [-0.2, 0) is 4.74 Å². The lowest BCUT2D eigenvalue weighted by molar-refractivity contribution is 0.0945. The molecule has 0 amide bonds. The van der Waals surface area contributed by atoms with E-state index >= 15 is 0 Å². The molecule has 0 saturated heterocycles. The summed E-state index contributed by atoms with van der Waals surface area (Å²) in [4.78, 5) is 2.30. The Balaban J connectivity index is 3.21. The van der Waals surface area contributed by atoms with Crippen LogP contribution in [0, 0.1) is 0 Å². The molecule has 0 rings (SSSR count). The summed E-state index contributed by atoms with van der Waals surface area (Å²) in [7, 11) is 0. The van der Waals surface area contributed by atoms with Gasteiger partial charge in [-0.25, -0.2) is 0 Å². The van der Waals surface area contributed by atoms with Crippen molar-refractivity contribution in [2.24, 2.45) is 0 Å². The Labute approximate surface area is 74.5 Å². The van der Waals surface area contributed by atoms with Crippen LogP contribution in [0.2, 0.25) is 0 Å². The molecule has 0 aliphatic rings. The molecular weight excluding hydrogens is 162 g/mol. The number of halogens is 1. The molecule has 0 radical (unpaired) electrons. The summed E-state index contributed by atoms with van der Waals surface area (Å²) < 4.78 is 5.20. The molecule has 1 unspecified atom stereocenters. The first-order valence-electron chi connectivity index (χ1n) is 4.18. The van der Waals surface area contributed by atoms with E-state index in [1.807, 2.05) is 6.92 Å². The molecule has 0 aliphatic heterocycles. The molecule has 0 spiro atoms. The van der Waals surface area contributed by atoms with Gasteiger partial charge in [0.1, 0.15) is 5.56 Å². The van der Waals surface area contributed by atoms with Gasteiger partial charge in [-0.3, -0.25) is 0 Å². The molecule has 0 bridgehead atoms. The summed E-state index contributed by atoms with van der Waals surface area (Å²) in [6.07, 6.45) is 0. The van der Waals surface area contributed by atoms with Crippen LogP contribution in [0.25, 0.3) is 0 Å². The van der Waals surface area contributed by atoms with Crippen LogP contribution in [-0.4, -0.2) is 36.7 Å². The van der Waals surface area contributed by atoms with Crippen molar-refractivity contribution < 1.29 is 4.74 Å². The summed E-state index contributed by atoms with van der Waals surface area (Å²) in [6, 6.07) is 0. The lowest BCUT2D eigenvalue weighted by Gasteiger charge is -2.17. The van der Waals surface area contributed by atoms with Gasteiger partial charge in [0.25, 0.3) is 0 Å². The highest BCUT2D eigenvalue weighted by Crippen LogP contribution is 1.95. The fourth-order valence-electron chi connectivity index (χ4n) is 0.884. The van der Waals surface area contributed by atoms with E-state index in [9.17, 15) is 0 Å². The average molecular weight is 180 g/mol. The van der Waals surface area contributed by atoms with Crippen molar-refractivity contribution >= 4 is 11.6 Å². The highest BCUT2D eigenvalue weighted by Gasteiger charge is 1.99. The van der Waals surface area contributed by atoms with E-state index in [1.165, 1.54) is 0 Å². The number of hydrogen-bond acceptors (Lipinski definition) is 2. The molecular formula is C8H18ClNO. The molecule has 11 heavy (non-hydrogen) atoms. The third-order valence-corrected chi connectivity index (χ3v) is 1.78. The maximum absolute atomic E-state index is 5.61. The first kappa shape index (κ1) is 11.2. The van der Waals surface area contributed by atoms with Gasteiger partial charge >= 0.3 is 0 Å². The van der Waals surface area contributed by atoms with Gasteiger partial charge in [-0.1, -0.05) is 25.4 Å². The normalized spacial score (nSPS) is 13.9. The van der Waals surface area contributed by atoms with Crippen LogP contribution in [0.15, 0.2) is 0 Å². The Morgan fingerprint density at radius 2 is 1.91 bits per heavy atom. The van der Waals surface area contributed by atoms with E-state index in [1.54, 1.807) is 0 Å². The minimum absolute atomic E-state index is 0.162. The van der Waals surface area contributed by atoms with Gasteiger partial charge in [0.2, 0.25) is 0 Å². The van der Waals surface area contributed by atoms with Crippen LogP contribution in [0.4, 0.5) is 0 Å². The zero-order valence-electron chi connectivity index (χ0n) is 7.64. The molecule has 3 heteroatoms. The molecule has 0 saturated carbocycles. The maximum Gasteiger partial charge on any atom is 0.128 e.